The van der Waals surface area contributed by atoms with Crippen LogP contribution >= 0.6 is 0 Å². The summed E-state index contributed by atoms with van der Waals surface area (Å²) in [5.74, 6) is 4.80. The number of para-hydroxylation sites is 2. The first kappa shape index (κ1) is 17.7. The summed E-state index contributed by atoms with van der Waals surface area (Å²) in [5, 5.41) is 4.17. The molecule has 0 spiro atoms. The standard InChI is InChI=1S/C24H17N5O/c1-2-16-6-5-7-17(12-16)27-24-19-13-18(10-11-20(19)25-15-26-24)30-14-23-28-21-8-3-4-9-22(21)29-23/h1,3-13,15H,14H2,(H,28,29)(H,25,26,27). The fourth-order valence-electron chi connectivity index (χ4n) is 3.27. The number of fused-ring (bicyclic) bond motifs is 2. The maximum atomic E-state index is 5.97. The predicted octanol–water partition coefficient (Wildman–Crippen LogP) is 4.81. The van der Waals surface area contributed by atoms with Crippen LogP contribution in [0.1, 0.15) is 11.4 Å². The predicted molar refractivity (Wildman–Crippen MR) is 118 cm³/mol. The molecule has 30 heavy (non-hydrogen) atoms. The second kappa shape index (κ2) is 7.57. The molecule has 0 radical (unpaired) electrons. The minimum absolute atomic E-state index is 0.334. The van der Waals surface area contributed by atoms with E-state index in [4.69, 9.17) is 11.2 Å². The van der Waals surface area contributed by atoms with Gasteiger partial charge in [0, 0.05) is 16.6 Å². The Morgan fingerprint density at radius 2 is 1.90 bits per heavy atom. The fraction of sp³-hybridized carbons (Fsp3) is 0.0417. The summed E-state index contributed by atoms with van der Waals surface area (Å²) in [6, 6.07) is 21.2. The van der Waals surface area contributed by atoms with Crippen LogP contribution in [0.5, 0.6) is 5.75 Å². The van der Waals surface area contributed by atoms with Crippen molar-refractivity contribution in [1.82, 2.24) is 19.9 Å². The van der Waals surface area contributed by atoms with E-state index >= 15 is 0 Å². The number of hydrogen-bond donors (Lipinski definition) is 2. The van der Waals surface area contributed by atoms with Gasteiger partial charge in [0.1, 0.15) is 30.3 Å². The Bertz CT molecular complexity index is 1370. The number of benzene rings is 3. The Morgan fingerprint density at radius 1 is 0.967 bits per heavy atom. The molecule has 0 amide bonds. The third-order valence-electron chi connectivity index (χ3n) is 4.71. The number of anilines is 2. The number of hydrogen-bond acceptors (Lipinski definition) is 5. The van der Waals surface area contributed by atoms with Crippen molar-refractivity contribution < 1.29 is 4.74 Å². The highest BCUT2D eigenvalue weighted by Crippen LogP contribution is 2.27. The van der Waals surface area contributed by atoms with Crippen LogP contribution in [-0.4, -0.2) is 19.9 Å². The summed E-state index contributed by atoms with van der Waals surface area (Å²) >= 11 is 0. The van der Waals surface area contributed by atoms with Crippen molar-refractivity contribution in [3.63, 3.8) is 0 Å². The van der Waals surface area contributed by atoms with E-state index in [9.17, 15) is 0 Å². The Morgan fingerprint density at radius 3 is 2.80 bits per heavy atom. The van der Waals surface area contributed by atoms with Crippen LogP contribution in [0, 0.1) is 12.3 Å². The minimum atomic E-state index is 0.334. The fourth-order valence-corrected chi connectivity index (χ4v) is 3.27. The minimum Gasteiger partial charge on any atom is -0.486 e. The van der Waals surface area contributed by atoms with Crippen LogP contribution in [0.25, 0.3) is 21.9 Å². The van der Waals surface area contributed by atoms with E-state index in [1.165, 1.54) is 6.33 Å². The van der Waals surface area contributed by atoms with Gasteiger partial charge in [-0.05, 0) is 48.5 Å². The van der Waals surface area contributed by atoms with Crippen molar-refractivity contribution in [2.45, 2.75) is 6.61 Å². The first-order chi connectivity index (χ1) is 14.8. The number of ether oxygens (including phenoxy) is 1. The second-order valence-electron chi connectivity index (χ2n) is 6.74. The zero-order valence-electron chi connectivity index (χ0n) is 16.0. The molecule has 0 saturated heterocycles. The van der Waals surface area contributed by atoms with Gasteiger partial charge in [0.05, 0.1) is 16.6 Å². The quantitative estimate of drug-likeness (QED) is 0.421. The number of nitrogens with one attached hydrogen (secondary N) is 2. The van der Waals surface area contributed by atoms with Crippen molar-refractivity contribution in [3.05, 3.63) is 84.4 Å². The molecule has 0 aliphatic rings. The van der Waals surface area contributed by atoms with Crippen LogP contribution < -0.4 is 10.1 Å². The first-order valence-electron chi connectivity index (χ1n) is 9.43. The van der Waals surface area contributed by atoms with E-state index in [-0.39, 0.29) is 0 Å². The van der Waals surface area contributed by atoms with E-state index in [1.54, 1.807) is 0 Å². The monoisotopic (exact) mass is 391 g/mol. The maximum absolute atomic E-state index is 5.97. The van der Waals surface area contributed by atoms with Gasteiger partial charge in [0.15, 0.2) is 0 Å². The molecular formula is C24H17N5O. The smallest absolute Gasteiger partial charge is 0.146 e. The summed E-state index contributed by atoms with van der Waals surface area (Å²) in [6.07, 6.45) is 7.03. The van der Waals surface area contributed by atoms with Gasteiger partial charge in [-0.1, -0.05) is 24.1 Å². The topological polar surface area (TPSA) is 75.7 Å². The van der Waals surface area contributed by atoms with E-state index in [2.05, 4.69) is 31.2 Å². The molecular weight excluding hydrogens is 374 g/mol. The lowest BCUT2D eigenvalue weighted by molar-refractivity contribution is 0.298. The molecule has 0 aliphatic carbocycles. The van der Waals surface area contributed by atoms with E-state index < -0.39 is 0 Å². The molecule has 5 aromatic rings. The molecule has 6 heteroatoms. The number of H-pyrrole nitrogens is 1. The molecule has 0 fully saturated rings. The van der Waals surface area contributed by atoms with Crippen molar-refractivity contribution in [2.75, 3.05) is 5.32 Å². The number of nitrogens with zero attached hydrogens (tertiary/aromatic N) is 3. The molecule has 0 atom stereocenters. The maximum Gasteiger partial charge on any atom is 0.146 e. The van der Waals surface area contributed by atoms with Gasteiger partial charge in [-0.15, -0.1) is 6.42 Å². The van der Waals surface area contributed by atoms with Crippen LogP contribution in [0.4, 0.5) is 11.5 Å². The van der Waals surface area contributed by atoms with Crippen LogP contribution in [0.3, 0.4) is 0 Å². The summed E-state index contributed by atoms with van der Waals surface area (Å²) < 4.78 is 5.97. The molecule has 5 rings (SSSR count). The third kappa shape index (κ3) is 3.52. The highest BCUT2D eigenvalue weighted by atomic mass is 16.5. The lowest BCUT2D eigenvalue weighted by Crippen LogP contribution is -1.99. The molecule has 3 aromatic carbocycles. The number of aromatic nitrogens is 4. The largest absolute Gasteiger partial charge is 0.486 e. The van der Waals surface area contributed by atoms with Gasteiger partial charge < -0.3 is 15.0 Å². The molecule has 144 valence electrons. The Hall–Kier alpha value is -4.37. The lowest BCUT2D eigenvalue weighted by Gasteiger charge is -2.10. The van der Waals surface area contributed by atoms with Crippen molar-refractivity contribution >= 4 is 33.4 Å². The van der Waals surface area contributed by atoms with Gasteiger partial charge in [0.25, 0.3) is 0 Å². The van der Waals surface area contributed by atoms with E-state index in [0.29, 0.717) is 18.2 Å². The number of imidazole rings is 1. The Balaban J connectivity index is 1.41. The summed E-state index contributed by atoms with van der Waals surface area (Å²) in [7, 11) is 0. The Labute approximate surface area is 173 Å². The zero-order valence-corrected chi connectivity index (χ0v) is 16.0. The highest BCUT2D eigenvalue weighted by molar-refractivity contribution is 5.91. The van der Waals surface area contributed by atoms with E-state index in [1.807, 2.05) is 66.7 Å². The van der Waals surface area contributed by atoms with Gasteiger partial charge in [-0.3, -0.25) is 0 Å². The summed E-state index contributed by atoms with van der Waals surface area (Å²) in [6.45, 7) is 0.334. The van der Waals surface area contributed by atoms with Crippen molar-refractivity contribution in [1.29, 1.82) is 0 Å². The average Bonchev–Trinajstić information content (AvgIpc) is 3.21. The third-order valence-corrected chi connectivity index (χ3v) is 4.71. The van der Waals surface area contributed by atoms with Gasteiger partial charge in [-0.2, -0.15) is 0 Å². The van der Waals surface area contributed by atoms with Crippen LogP contribution in [0.15, 0.2) is 73.1 Å². The molecule has 0 aliphatic heterocycles. The first-order valence-corrected chi connectivity index (χ1v) is 9.43. The summed E-state index contributed by atoms with van der Waals surface area (Å²) in [4.78, 5) is 16.6. The van der Waals surface area contributed by atoms with Crippen LogP contribution in [0.2, 0.25) is 0 Å². The van der Waals surface area contributed by atoms with Gasteiger partial charge >= 0.3 is 0 Å². The second-order valence-corrected chi connectivity index (χ2v) is 6.74. The summed E-state index contributed by atoms with van der Waals surface area (Å²) in [5.41, 5.74) is 4.39. The highest BCUT2D eigenvalue weighted by Gasteiger charge is 2.08. The zero-order chi connectivity index (χ0) is 20.3. The molecule has 0 saturated carbocycles. The average molecular weight is 391 g/mol. The molecule has 6 nitrogen and oxygen atoms in total. The molecule has 2 aromatic heterocycles. The van der Waals surface area contributed by atoms with Crippen LogP contribution in [-0.2, 0) is 6.61 Å². The lowest BCUT2D eigenvalue weighted by atomic mass is 10.2. The van der Waals surface area contributed by atoms with E-state index in [0.717, 1.165) is 39.0 Å². The molecule has 0 unspecified atom stereocenters. The molecule has 2 heterocycles. The van der Waals surface area contributed by atoms with Crippen molar-refractivity contribution in [2.24, 2.45) is 0 Å². The molecule has 2 N–H and O–H groups in total. The van der Waals surface area contributed by atoms with Gasteiger partial charge in [-0.25, -0.2) is 15.0 Å². The Kier molecular flexibility index (Phi) is 4.47. The van der Waals surface area contributed by atoms with Crippen molar-refractivity contribution in [3.8, 4) is 18.1 Å². The number of aromatic amines is 1. The van der Waals surface area contributed by atoms with Gasteiger partial charge in [0.2, 0.25) is 0 Å². The normalized spacial score (nSPS) is 10.8. The molecule has 0 bridgehead atoms. The SMILES string of the molecule is C#Cc1cccc(Nc2ncnc3ccc(OCc4nc5ccccc5[nH]4)cc23)c1. The number of rotatable bonds is 5. The number of terminal acetylenes is 1.